The second-order valence-corrected chi connectivity index (χ2v) is 13.6. The SMILES string of the molecule is CC1(C)c2ccccc2-c2ccc(-c3cc(-c4ccccn4)cc(-c4nc(-c5ccccc5)nc(-c5ccc(-c6ccccc6)cc5)n4)c3)cc21. The quantitative estimate of drug-likeness (QED) is 0.179. The molecule has 0 N–H and O–H groups in total. The van der Waals surface area contributed by atoms with E-state index >= 15 is 0 Å². The minimum absolute atomic E-state index is 0.104. The van der Waals surface area contributed by atoms with E-state index in [1.165, 1.54) is 27.8 Å². The van der Waals surface area contributed by atoms with Crippen LogP contribution in [0.3, 0.4) is 0 Å². The predicted molar refractivity (Wildman–Crippen MR) is 208 cm³/mol. The lowest BCUT2D eigenvalue weighted by molar-refractivity contribution is 0.660. The molecule has 2 aromatic heterocycles. The second-order valence-electron chi connectivity index (χ2n) is 13.6. The van der Waals surface area contributed by atoms with Crippen LogP contribution in [0.1, 0.15) is 25.0 Å². The minimum atomic E-state index is -0.104. The first kappa shape index (κ1) is 30.5. The van der Waals surface area contributed by atoms with Crippen molar-refractivity contribution in [3.8, 4) is 78.8 Å². The summed E-state index contributed by atoms with van der Waals surface area (Å²) < 4.78 is 0. The lowest BCUT2D eigenvalue weighted by Gasteiger charge is -2.22. The van der Waals surface area contributed by atoms with Crippen LogP contribution in [0.25, 0.3) is 78.8 Å². The van der Waals surface area contributed by atoms with E-state index in [-0.39, 0.29) is 5.41 Å². The van der Waals surface area contributed by atoms with Crippen molar-refractivity contribution in [2.24, 2.45) is 0 Å². The van der Waals surface area contributed by atoms with Crippen LogP contribution in [-0.2, 0) is 5.41 Å². The maximum Gasteiger partial charge on any atom is 0.164 e. The third kappa shape index (κ3) is 5.61. The molecule has 0 bridgehead atoms. The van der Waals surface area contributed by atoms with E-state index in [4.69, 9.17) is 19.9 Å². The average Bonchev–Trinajstić information content (AvgIpc) is 3.44. The molecule has 9 rings (SSSR count). The van der Waals surface area contributed by atoms with Crippen molar-refractivity contribution in [2.45, 2.75) is 19.3 Å². The maximum absolute atomic E-state index is 5.14. The maximum atomic E-state index is 5.14. The third-order valence-corrected chi connectivity index (χ3v) is 9.99. The molecule has 0 aliphatic heterocycles. The Morgan fingerprint density at radius 3 is 1.57 bits per heavy atom. The molecule has 0 atom stereocenters. The number of pyridine rings is 1. The Labute approximate surface area is 298 Å². The summed E-state index contributed by atoms with van der Waals surface area (Å²) in [4.78, 5) is 20.0. The Kier molecular flexibility index (Phi) is 7.44. The fraction of sp³-hybridized carbons (Fsp3) is 0.0638. The van der Waals surface area contributed by atoms with E-state index in [0.717, 1.165) is 44.6 Å². The minimum Gasteiger partial charge on any atom is -0.256 e. The molecule has 1 aliphatic rings. The van der Waals surface area contributed by atoms with E-state index in [9.17, 15) is 0 Å². The molecular weight excluding hydrogens is 621 g/mol. The van der Waals surface area contributed by atoms with Crippen molar-refractivity contribution in [1.29, 1.82) is 0 Å². The number of rotatable bonds is 6. The van der Waals surface area contributed by atoms with Crippen LogP contribution < -0.4 is 0 Å². The summed E-state index contributed by atoms with van der Waals surface area (Å²) in [6, 6.07) is 57.2. The van der Waals surface area contributed by atoms with Gasteiger partial charge in [0.1, 0.15) is 0 Å². The molecule has 51 heavy (non-hydrogen) atoms. The number of nitrogens with zero attached hydrogens (tertiary/aromatic N) is 4. The molecule has 1 aliphatic carbocycles. The van der Waals surface area contributed by atoms with E-state index in [1.807, 2.05) is 60.8 Å². The van der Waals surface area contributed by atoms with Crippen LogP contribution >= 0.6 is 0 Å². The number of hydrogen-bond donors (Lipinski definition) is 0. The summed E-state index contributed by atoms with van der Waals surface area (Å²) in [5.41, 5.74) is 14.4. The topological polar surface area (TPSA) is 51.6 Å². The fourth-order valence-corrected chi connectivity index (χ4v) is 7.28. The van der Waals surface area contributed by atoms with Crippen molar-refractivity contribution in [3.05, 3.63) is 181 Å². The molecule has 4 heteroatoms. The average molecular weight is 655 g/mol. The smallest absolute Gasteiger partial charge is 0.164 e. The fourth-order valence-electron chi connectivity index (χ4n) is 7.28. The van der Waals surface area contributed by atoms with Crippen LogP contribution in [0.15, 0.2) is 170 Å². The summed E-state index contributed by atoms with van der Waals surface area (Å²) in [5, 5.41) is 0. The zero-order valence-electron chi connectivity index (χ0n) is 28.5. The van der Waals surface area contributed by atoms with Crippen molar-refractivity contribution >= 4 is 0 Å². The molecule has 242 valence electrons. The summed E-state index contributed by atoms with van der Waals surface area (Å²) in [7, 11) is 0. The second kappa shape index (κ2) is 12.4. The zero-order chi connectivity index (χ0) is 34.4. The molecule has 0 radical (unpaired) electrons. The molecular formula is C47H34N4. The van der Waals surface area contributed by atoms with Gasteiger partial charge in [0.05, 0.1) is 5.69 Å². The zero-order valence-corrected chi connectivity index (χ0v) is 28.5. The standard InChI is InChI=1S/C47H34N4/c1-47(2)41-18-10-9-17-39(41)40-25-24-35(30-42(40)47)36-27-37(43-19-11-12-26-48-43)29-38(28-36)46-50-44(33-15-7-4-8-16-33)49-45(51-46)34-22-20-32(21-23-34)31-13-5-3-6-14-31/h3-30H,1-2H3. The van der Waals surface area contributed by atoms with E-state index in [0.29, 0.717) is 17.5 Å². The lowest BCUT2D eigenvalue weighted by Crippen LogP contribution is -2.14. The van der Waals surface area contributed by atoms with Crippen molar-refractivity contribution in [1.82, 2.24) is 19.9 Å². The monoisotopic (exact) mass is 654 g/mol. The van der Waals surface area contributed by atoms with Gasteiger partial charge in [-0.1, -0.05) is 141 Å². The number of benzene rings is 6. The summed E-state index contributed by atoms with van der Waals surface area (Å²) in [6.45, 7) is 4.64. The first-order valence-corrected chi connectivity index (χ1v) is 17.3. The summed E-state index contributed by atoms with van der Waals surface area (Å²) >= 11 is 0. The van der Waals surface area contributed by atoms with Crippen LogP contribution in [0.5, 0.6) is 0 Å². The van der Waals surface area contributed by atoms with Gasteiger partial charge in [0.2, 0.25) is 0 Å². The largest absolute Gasteiger partial charge is 0.256 e. The molecule has 0 spiro atoms. The van der Waals surface area contributed by atoms with Crippen LogP contribution in [-0.4, -0.2) is 19.9 Å². The van der Waals surface area contributed by atoms with Crippen LogP contribution in [0.4, 0.5) is 0 Å². The molecule has 0 saturated heterocycles. The van der Waals surface area contributed by atoms with Gasteiger partial charge in [-0.25, -0.2) is 15.0 Å². The Morgan fingerprint density at radius 2 is 0.863 bits per heavy atom. The molecule has 6 aromatic carbocycles. The molecule has 0 unspecified atom stereocenters. The van der Waals surface area contributed by atoms with Crippen molar-refractivity contribution < 1.29 is 0 Å². The highest BCUT2D eigenvalue weighted by Gasteiger charge is 2.35. The molecule has 8 aromatic rings. The van der Waals surface area contributed by atoms with Gasteiger partial charge in [0, 0.05) is 33.9 Å². The third-order valence-electron chi connectivity index (χ3n) is 9.99. The highest BCUT2D eigenvalue weighted by atomic mass is 15.0. The van der Waals surface area contributed by atoms with Crippen LogP contribution in [0.2, 0.25) is 0 Å². The lowest BCUT2D eigenvalue weighted by atomic mass is 9.81. The molecule has 0 saturated carbocycles. The van der Waals surface area contributed by atoms with Crippen LogP contribution in [0, 0.1) is 0 Å². The highest BCUT2D eigenvalue weighted by Crippen LogP contribution is 2.49. The van der Waals surface area contributed by atoms with Gasteiger partial charge in [0.25, 0.3) is 0 Å². The Hall–Kier alpha value is -6.52. The van der Waals surface area contributed by atoms with Crippen molar-refractivity contribution in [2.75, 3.05) is 0 Å². The van der Waals surface area contributed by atoms with Gasteiger partial charge in [-0.3, -0.25) is 4.98 Å². The first-order valence-electron chi connectivity index (χ1n) is 17.3. The summed E-state index contributed by atoms with van der Waals surface area (Å²) in [5.74, 6) is 1.86. The Morgan fingerprint density at radius 1 is 0.353 bits per heavy atom. The highest BCUT2D eigenvalue weighted by molar-refractivity contribution is 5.85. The molecule has 4 nitrogen and oxygen atoms in total. The molecule has 2 heterocycles. The number of fused-ring (bicyclic) bond motifs is 3. The predicted octanol–water partition coefficient (Wildman–Crippen LogP) is 11.6. The van der Waals surface area contributed by atoms with Gasteiger partial charge in [-0.15, -0.1) is 0 Å². The number of hydrogen-bond acceptors (Lipinski definition) is 4. The van der Waals surface area contributed by atoms with Gasteiger partial charge >= 0.3 is 0 Å². The van der Waals surface area contributed by atoms with Gasteiger partial charge in [-0.2, -0.15) is 0 Å². The summed E-state index contributed by atoms with van der Waals surface area (Å²) in [6.07, 6.45) is 1.84. The Bertz CT molecular complexity index is 2520. The number of aromatic nitrogens is 4. The first-order chi connectivity index (χ1) is 25.0. The van der Waals surface area contributed by atoms with Gasteiger partial charge < -0.3 is 0 Å². The van der Waals surface area contributed by atoms with Crippen molar-refractivity contribution in [3.63, 3.8) is 0 Å². The van der Waals surface area contributed by atoms with E-state index < -0.39 is 0 Å². The van der Waals surface area contributed by atoms with Gasteiger partial charge in [0.15, 0.2) is 17.5 Å². The molecule has 0 amide bonds. The van der Waals surface area contributed by atoms with Gasteiger partial charge in [-0.05, 0) is 80.9 Å². The van der Waals surface area contributed by atoms with E-state index in [2.05, 4.69) is 123 Å². The Balaban J connectivity index is 1.21. The molecule has 0 fully saturated rings. The normalized spacial score (nSPS) is 12.7. The van der Waals surface area contributed by atoms with E-state index in [1.54, 1.807) is 0 Å².